The first-order valence-electron chi connectivity index (χ1n) is 3.90. The Morgan fingerprint density at radius 2 is 2.21 bits per heavy atom. The maximum absolute atomic E-state index is 13.5. The average molecular weight is 257 g/mol. The van der Waals surface area contributed by atoms with Crippen LogP contribution in [-0.4, -0.2) is 10.2 Å². The van der Waals surface area contributed by atoms with Crippen molar-refractivity contribution >= 4 is 15.9 Å². The maximum Gasteiger partial charge on any atom is 0.250 e. The second-order valence-corrected chi connectivity index (χ2v) is 3.74. The summed E-state index contributed by atoms with van der Waals surface area (Å²) in [6.45, 7) is 1.79. The van der Waals surface area contributed by atoms with Gasteiger partial charge in [-0.05, 0) is 24.6 Å². The van der Waals surface area contributed by atoms with Gasteiger partial charge in [0, 0.05) is 4.47 Å². The molecule has 0 fully saturated rings. The zero-order chi connectivity index (χ0) is 10.1. The summed E-state index contributed by atoms with van der Waals surface area (Å²) < 4.78 is 19.2. The second kappa shape index (κ2) is 3.49. The molecule has 0 unspecified atom stereocenters. The Hall–Kier alpha value is -1.23. The van der Waals surface area contributed by atoms with Crippen molar-refractivity contribution in [3.63, 3.8) is 0 Å². The van der Waals surface area contributed by atoms with Crippen molar-refractivity contribution in [2.24, 2.45) is 0 Å². The Balaban J connectivity index is 2.64. The van der Waals surface area contributed by atoms with Gasteiger partial charge in [0.1, 0.15) is 5.82 Å². The van der Waals surface area contributed by atoms with Gasteiger partial charge in [-0.25, -0.2) is 4.39 Å². The predicted octanol–water partition coefficient (Wildman–Crippen LogP) is 2.95. The molecule has 72 valence electrons. The standard InChI is InChI=1S/C9H6BrFN2O/c1-5-2-6(10)3-7(11)8(5)9-13-12-4-14-9/h2-4H,1H3. The molecule has 5 heteroatoms. The quantitative estimate of drug-likeness (QED) is 0.788. The zero-order valence-corrected chi connectivity index (χ0v) is 8.88. The van der Waals surface area contributed by atoms with Gasteiger partial charge in [-0.3, -0.25) is 0 Å². The number of nitrogens with zero attached hydrogens (tertiary/aromatic N) is 2. The number of halogens is 2. The van der Waals surface area contributed by atoms with Crippen LogP contribution >= 0.6 is 15.9 Å². The molecule has 0 bridgehead atoms. The van der Waals surface area contributed by atoms with Crippen LogP contribution in [0.25, 0.3) is 11.5 Å². The molecule has 3 nitrogen and oxygen atoms in total. The van der Waals surface area contributed by atoms with Crippen molar-refractivity contribution in [2.45, 2.75) is 6.92 Å². The molecule has 1 heterocycles. The van der Waals surface area contributed by atoms with Crippen LogP contribution in [0.3, 0.4) is 0 Å². The summed E-state index contributed by atoms with van der Waals surface area (Å²) in [5.74, 6) is -0.173. The lowest BCUT2D eigenvalue weighted by molar-refractivity contribution is 0.557. The summed E-state index contributed by atoms with van der Waals surface area (Å²) >= 11 is 3.20. The van der Waals surface area contributed by atoms with E-state index >= 15 is 0 Å². The summed E-state index contributed by atoms with van der Waals surface area (Å²) in [5, 5.41) is 7.17. The molecule has 0 N–H and O–H groups in total. The van der Waals surface area contributed by atoms with Gasteiger partial charge in [0.05, 0.1) is 5.56 Å². The zero-order valence-electron chi connectivity index (χ0n) is 7.29. The normalized spacial score (nSPS) is 10.5. The van der Waals surface area contributed by atoms with E-state index in [-0.39, 0.29) is 11.7 Å². The first-order chi connectivity index (χ1) is 6.68. The molecule has 0 atom stereocenters. The molecule has 0 radical (unpaired) electrons. The monoisotopic (exact) mass is 256 g/mol. The molecule has 14 heavy (non-hydrogen) atoms. The Bertz CT molecular complexity index is 433. The number of benzene rings is 1. The Morgan fingerprint density at radius 1 is 1.43 bits per heavy atom. The van der Waals surface area contributed by atoms with Gasteiger partial charge >= 0.3 is 0 Å². The highest BCUT2D eigenvalue weighted by molar-refractivity contribution is 9.10. The fourth-order valence-corrected chi connectivity index (χ4v) is 1.80. The van der Waals surface area contributed by atoms with E-state index in [9.17, 15) is 4.39 Å². The van der Waals surface area contributed by atoms with Crippen molar-refractivity contribution in [1.29, 1.82) is 0 Å². The molecule has 0 aliphatic rings. The maximum atomic E-state index is 13.5. The van der Waals surface area contributed by atoms with Crippen LogP contribution in [0.2, 0.25) is 0 Å². The first-order valence-corrected chi connectivity index (χ1v) is 4.70. The molecule has 0 aliphatic heterocycles. The molecular formula is C9H6BrFN2O. The molecule has 1 aromatic carbocycles. The lowest BCUT2D eigenvalue weighted by Gasteiger charge is -2.03. The van der Waals surface area contributed by atoms with Gasteiger partial charge in [0.25, 0.3) is 5.89 Å². The van der Waals surface area contributed by atoms with Crippen LogP contribution in [0, 0.1) is 12.7 Å². The van der Waals surface area contributed by atoms with Gasteiger partial charge < -0.3 is 4.42 Å². The molecule has 0 spiro atoms. The summed E-state index contributed by atoms with van der Waals surface area (Å²) in [5.41, 5.74) is 1.10. The van der Waals surface area contributed by atoms with Crippen molar-refractivity contribution in [1.82, 2.24) is 10.2 Å². The van der Waals surface area contributed by atoms with E-state index in [0.29, 0.717) is 10.0 Å². The largest absolute Gasteiger partial charge is 0.423 e. The van der Waals surface area contributed by atoms with Gasteiger partial charge in [0.2, 0.25) is 6.39 Å². The summed E-state index contributed by atoms with van der Waals surface area (Å²) in [6, 6.07) is 3.16. The number of hydrogen-bond acceptors (Lipinski definition) is 3. The van der Waals surface area contributed by atoms with Crippen LogP contribution in [0.4, 0.5) is 4.39 Å². The van der Waals surface area contributed by atoms with Gasteiger partial charge in [-0.2, -0.15) is 0 Å². The van der Waals surface area contributed by atoms with Crippen LogP contribution in [0.5, 0.6) is 0 Å². The van der Waals surface area contributed by atoms with Crippen LogP contribution in [0.15, 0.2) is 27.4 Å². The molecule has 2 rings (SSSR count). The van der Waals surface area contributed by atoms with E-state index in [1.807, 2.05) is 0 Å². The third-order valence-electron chi connectivity index (χ3n) is 1.83. The third kappa shape index (κ3) is 1.55. The van der Waals surface area contributed by atoms with Crippen molar-refractivity contribution in [2.75, 3.05) is 0 Å². The van der Waals surface area contributed by atoms with E-state index in [4.69, 9.17) is 4.42 Å². The SMILES string of the molecule is Cc1cc(Br)cc(F)c1-c1nnco1. The number of aryl methyl sites for hydroxylation is 1. The number of aromatic nitrogens is 2. The van der Waals surface area contributed by atoms with Crippen LogP contribution in [-0.2, 0) is 0 Å². The lowest BCUT2D eigenvalue weighted by atomic mass is 10.1. The fourth-order valence-electron chi connectivity index (χ4n) is 1.26. The summed E-state index contributed by atoms with van der Waals surface area (Å²) in [7, 11) is 0. The van der Waals surface area contributed by atoms with Gasteiger partial charge in [0.15, 0.2) is 0 Å². The minimum absolute atomic E-state index is 0.201. The Kier molecular flexibility index (Phi) is 2.33. The van der Waals surface area contributed by atoms with E-state index in [0.717, 1.165) is 5.56 Å². The highest BCUT2D eigenvalue weighted by Gasteiger charge is 2.13. The lowest BCUT2D eigenvalue weighted by Crippen LogP contribution is -1.89. The topological polar surface area (TPSA) is 38.9 Å². The van der Waals surface area contributed by atoms with Gasteiger partial charge in [-0.1, -0.05) is 15.9 Å². The molecule has 1 aromatic heterocycles. The van der Waals surface area contributed by atoms with E-state index in [2.05, 4.69) is 26.1 Å². The van der Waals surface area contributed by atoms with E-state index in [1.54, 1.807) is 13.0 Å². The Labute approximate surface area is 88.1 Å². The highest BCUT2D eigenvalue weighted by Crippen LogP contribution is 2.27. The fraction of sp³-hybridized carbons (Fsp3) is 0.111. The number of hydrogen-bond donors (Lipinski definition) is 0. The summed E-state index contributed by atoms with van der Waals surface area (Å²) in [4.78, 5) is 0. The summed E-state index contributed by atoms with van der Waals surface area (Å²) in [6.07, 6.45) is 1.18. The van der Waals surface area contributed by atoms with Crippen LogP contribution in [0.1, 0.15) is 5.56 Å². The molecule has 2 aromatic rings. The highest BCUT2D eigenvalue weighted by atomic mass is 79.9. The molecular weight excluding hydrogens is 251 g/mol. The van der Waals surface area contributed by atoms with E-state index < -0.39 is 0 Å². The van der Waals surface area contributed by atoms with Crippen LogP contribution < -0.4 is 0 Å². The van der Waals surface area contributed by atoms with Crippen molar-refractivity contribution in [3.8, 4) is 11.5 Å². The minimum Gasteiger partial charge on any atom is -0.423 e. The van der Waals surface area contributed by atoms with Gasteiger partial charge in [-0.15, -0.1) is 10.2 Å². The smallest absolute Gasteiger partial charge is 0.250 e. The predicted molar refractivity (Wildman–Crippen MR) is 52.1 cm³/mol. The molecule has 0 aliphatic carbocycles. The molecule has 0 saturated heterocycles. The minimum atomic E-state index is -0.374. The van der Waals surface area contributed by atoms with E-state index in [1.165, 1.54) is 12.5 Å². The van der Waals surface area contributed by atoms with Crippen molar-refractivity contribution in [3.05, 3.63) is 34.4 Å². The Morgan fingerprint density at radius 3 is 2.79 bits per heavy atom. The first kappa shape index (κ1) is 9.33. The second-order valence-electron chi connectivity index (χ2n) is 2.82. The number of rotatable bonds is 1. The third-order valence-corrected chi connectivity index (χ3v) is 2.28. The molecule has 0 amide bonds. The van der Waals surface area contributed by atoms with Crippen molar-refractivity contribution < 1.29 is 8.81 Å². The molecule has 0 saturated carbocycles. The average Bonchev–Trinajstić information content (AvgIpc) is 2.54.